The van der Waals surface area contributed by atoms with Crippen molar-refractivity contribution >= 4 is 11.6 Å². The maximum Gasteiger partial charge on any atom is 0.253 e. The molecule has 6 heteroatoms. The quantitative estimate of drug-likeness (QED) is 0.829. The molecule has 1 heterocycles. The first-order valence-electron chi connectivity index (χ1n) is 6.68. The molecule has 0 aromatic heterocycles. The molecule has 0 radical (unpaired) electrons. The lowest BCUT2D eigenvalue weighted by molar-refractivity contribution is 0.0937. The van der Waals surface area contributed by atoms with E-state index in [-0.39, 0.29) is 11.3 Å². The number of nitrogens with one attached hydrogen (secondary N) is 1. The zero-order valence-electron chi connectivity index (χ0n) is 11.5. The number of nitrogens with zero attached hydrogens (tertiary/aromatic N) is 1. The molecule has 1 atom stereocenters. The van der Waals surface area contributed by atoms with Crippen molar-refractivity contribution in [3.05, 3.63) is 29.3 Å². The van der Waals surface area contributed by atoms with E-state index in [2.05, 4.69) is 10.2 Å². The molecular weight excluding hydrogens is 264 g/mol. The Morgan fingerprint density at radius 1 is 1.45 bits per heavy atom. The van der Waals surface area contributed by atoms with E-state index in [1.165, 1.54) is 0 Å². The molecule has 3 N–H and O–H groups in total. The van der Waals surface area contributed by atoms with Gasteiger partial charge in [0.2, 0.25) is 0 Å². The molecule has 1 aromatic carbocycles. The van der Waals surface area contributed by atoms with Gasteiger partial charge in [0, 0.05) is 24.8 Å². The highest BCUT2D eigenvalue weighted by Crippen LogP contribution is 2.18. The van der Waals surface area contributed by atoms with Gasteiger partial charge < -0.3 is 16.0 Å². The molecule has 1 saturated heterocycles. The zero-order valence-corrected chi connectivity index (χ0v) is 11.5. The lowest BCUT2D eigenvalue weighted by Crippen LogP contribution is -2.39. The van der Waals surface area contributed by atoms with E-state index in [4.69, 9.17) is 5.73 Å². The van der Waals surface area contributed by atoms with Crippen molar-refractivity contribution in [3.63, 3.8) is 0 Å². The summed E-state index contributed by atoms with van der Waals surface area (Å²) in [5.74, 6) is -2.20. The molecule has 0 aliphatic carbocycles. The van der Waals surface area contributed by atoms with Crippen LogP contribution in [0.3, 0.4) is 0 Å². The highest BCUT2D eigenvalue weighted by atomic mass is 19.2. The number of anilines is 1. The first kappa shape index (κ1) is 14.7. The summed E-state index contributed by atoms with van der Waals surface area (Å²) in [6, 6.07) is 1.67. The molecule has 110 valence electrons. The van der Waals surface area contributed by atoms with E-state index in [0.717, 1.165) is 38.1 Å². The van der Waals surface area contributed by atoms with Crippen LogP contribution in [0.2, 0.25) is 0 Å². The molecule has 1 unspecified atom stereocenters. The number of benzene rings is 1. The molecule has 1 fully saturated rings. The average molecular weight is 283 g/mol. The van der Waals surface area contributed by atoms with Gasteiger partial charge in [0.1, 0.15) is 0 Å². The molecule has 20 heavy (non-hydrogen) atoms. The first-order chi connectivity index (χ1) is 9.47. The van der Waals surface area contributed by atoms with Gasteiger partial charge in [0.05, 0.1) is 5.56 Å². The van der Waals surface area contributed by atoms with Crippen molar-refractivity contribution in [1.82, 2.24) is 10.2 Å². The first-order valence-corrected chi connectivity index (χ1v) is 6.68. The van der Waals surface area contributed by atoms with Crippen molar-refractivity contribution in [2.24, 2.45) is 5.92 Å². The van der Waals surface area contributed by atoms with E-state index in [1.807, 2.05) is 7.05 Å². The van der Waals surface area contributed by atoms with Crippen LogP contribution in [0, 0.1) is 17.6 Å². The Morgan fingerprint density at radius 3 is 2.85 bits per heavy atom. The normalized spacial score (nSPS) is 19.9. The summed E-state index contributed by atoms with van der Waals surface area (Å²) in [5.41, 5.74) is 5.47. The smallest absolute Gasteiger partial charge is 0.253 e. The number of nitrogens with two attached hydrogens (primary N) is 1. The molecule has 1 amide bonds. The largest absolute Gasteiger partial charge is 0.398 e. The molecule has 2 rings (SSSR count). The summed E-state index contributed by atoms with van der Waals surface area (Å²) < 4.78 is 26.1. The summed E-state index contributed by atoms with van der Waals surface area (Å²) in [7, 11) is 2.04. The second kappa shape index (κ2) is 6.17. The van der Waals surface area contributed by atoms with Gasteiger partial charge in [-0.05, 0) is 38.4 Å². The third kappa shape index (κ3) is 3.45. The molecule has 1 aliphatic rings. The fraction of sp³-hybridized carbons (Fsp3) is 0.500. The van der Waals surface area contributed by atoms with Crippen molar-refractivity contribution in [1.29, 1.82) is 0 Å². The summed E-state index contributed by atoms with van der Waals surface area (Å²) in [6.07, 6.45) is 2.15. The molecule has 4 nitrogen and oxygen atoms in total. The number of hydrogen-bond acceptors (Lipinski definition) is 3. The lowest BCUT2D eigenvalue weighted by Gasteiger charge is -2.29. The third-order valence-electron chi connectivity index (χ3n) is 3.61. The number of nitrogen functional groups attached to an aromatic ring is 1. The van der Waals surface area contributed by atoms with Crippen molar-refractivity contribution < 1.29 is 13.6 Å². The number of rotatable bonds is 3. The van der Waals surface area contributed by atoms with Crippen LogP contribution >= 0.6 is 0 Å². The molecule has 1 aromatic rings. The Kier molecular flexibility index (Phi) is 4.54. The minimum atomic E-state index is -1.07. The Bertz CT molecular complexity index is 507. The molecule has 0 bridgehead atoms. The summed E-state index contributed by atoms with van der Waals surface area (Å²) in [6.45, 7) is 2.51. The van der Waals surface area contributed by atoms with Crippen LogP contribution in [-0.4, -0.2) is 37.5 Å². The minimum Gasteiger partial charge on any atom is -0.398 e. The standard InChI is InChI=1S/C14H19F2N3O/c1-19-4-2-3-9(8-19)7-18-14(20)10-5-11(15)12(16)6-13(10)17/h5-6,9H,2-4,7-8,17H2,1H3,(H,18,20). The lowest BCUT2D eigenvalue weighted by atomic mass is 9.98. The Morgan fingerprint density at radius 2 is 2.15 bits per heavy atom. The van der Waals surface area contributed by atoms with Gasteiger partial charge in [0.15, 0.2) is 11.6 Å². The highest BCUT2D eigenvalue weighted by Gasteiger charge is 2.19. The topological polar surface area (TPSA) is 58.4 Å². The molecule has 1 aliphatic heterocycles. The van der Waals surface area contributed by atoms with E-state index >= 15 is 0 Å². The predicted molar refractivity (Wildman–Crippen MR) is 73.3 cm³/mol. The number of amides is 1. The summed E-state index contributed by atoms with van der Waals surface area (Å²) in [4.78, 5) is 14.2. The van der Waals surface area contributed by atoms with Crippen molar-refractivity contribution in [2.75, 3.05) is 32.4 Å². The number of carbonyl (C=O) groups is 1. The van der Waals surface area contributed by atoms with Crippen LogP contribution in [0.5, 0.6) is 0 Å². The van der Waals surface area contributed by atoms with Crippen LogP contribution < -0.4 is 11.1 Å². The SMILES string of the molecule is CN1CCCC(CNC(=O)c2cc(F)c(F)cc2N)C1. The molecule has 0 spiro atoms. The van der Waals surface area contributed by atoms with Gasteiger partial charge in [0.25, 0.3) is 5.91 Å². The molecule has 0 saturated carbocycles. The van der Waals surface area contributed by atoms with Gasteiger partial charge in [-0.1, -0.05) is 0 Å². The second-order valence-electron chi connectivity index (χ2n) is 5.33. The number of carbonyl (C=O) groups excluding carboxylic acids is 1. The van der Waals surface area contributed by atoms with Crippen LogP contribution in [0.4, 0.5) is 14.5 Å². The summed E-state index contributed by atoms with van der Waals surface area (Å²) >= 11 is 0. The van der Waals surface area contributed by atoms with Crippen LogP contribution in [0.1, 0.15) is 23.2 Å². The predicted octanol–water partition coefficient (Wildman–Crippen LogP) is 1.62. The fourth-order valence-corrected chi connectivity index (χ4v) is 2.53. The minimum absolute atomic E-state index is 0.0203. The number of halogens is 2. The zero-order chi connectivity index (χ0) is 14.7. The fourth-order valence-electron chi connectivity index (χ4n) is 2.53. The maximum atomic E-state index is 13.1. The van der Waals surface area contributed by atoms with Crippen molar-refractivity contribution in [2.45, 2.75) is 12.8 Å². The van der Waals surface area contributed by atoms with Gasteiger partial charge >= 0.3 is 0 Å². The van der Waals surface area contributed by atoms with E-state index in [9.17, 15) is 13.6 Å². The van der Waals surface area contributed by atoms with E-state index in [1.54, 1.807) is 0 Å². The van der Waals surface area contributed by atoms with Gasteiger partial charge in [-0.15, -0.1) is 0 Å². The van der Waals surface area contributed by atoms with E-state index in [0.29, 0.717) is 12.5 Å². The number of piperidine rings is 1. The Hall–Kier alpha value is -1.69. The number of hydrogen-bond donors (Lipinski definition) is 2. The summed E-state index contributed by atoms with van der Waals surface area (Å²) in [5, 5.41) is 2.74. The Balaban J connectivity index is 1.96. The monoisotopic (exact) mass is 283 g/mol. The van der Waals surface area contributed by atoms with Crippen LogP contribution in [-0.2, 0) is 0 Å². The van der Waals surface area contributed by atoms with Crippen LogP contribution in [0.15, 0.2) is 12.1 Å². The van der Waals surface area contributed by atoms with Crippen molar-refractivity contribution in [3.8, 4) is 0 Å². The average Bonchev–Trinajstić information content (AvgIpc) is 2.40. The van der Waals surface area contributed by atoms with Gasteiger partial charge in [-0.2, -0.15) is 0 Å². The maximum absolute atomic E-state index is 13.1. The Labute approximate surface area is 116 Å². The van der Waals surface area contributed by atoms with Gasteiger partial charge in [-0.3, -0.25) is 4.79 Å². The highest BCUT2D eigenvalue weighted by molar-refractivity contribution is 5.99. The van der Waals surface area contributed by atoms with E-state index < -0.39 is 17.5 Å². The number of likely N-dealkylation sites (tertiary alicyclic amines) is 1. The molecular formula is C14H19F2N3O. The third-order valence-corrected chi connectivity index (χ3v) is 3.61. The second-order valence-corrected chi connectivity index (χ2v) is 5.33. The van der Waals surface area contributed by atoms with Crippen LogP contribution in [0.25, 0.3) is 0 Å². The van der Waals surface area contributed by atoms with Gasteiger partial charge in [-0.25, -0.2) is 8.78 Å².